The molecular weight excluding hydrogens is 267 g/mol. The van der Waals surface area contributed by atoms with Crippen LogP contribution in [0.5, 0.6) is 0 Å². The van der Waals surface area contributed by atoms with E-state index >= 15 is 0 Å². The van der Waals surface area contributed by atoms with Gasteiger partial charge in [0, 0.05) is 14.1 Å². The van der Waals surface area contributed by atoms with E-state index in [1.807, 2.05) is 32.0 Å². The number of anilines is 2. The number of carbonyl (C=O) groups excluding carboxylic acids is 1. The van der Waals surface area contributed by atoms with E-state index in [4.69, 9.17) is 0 Å². The summed E-state index contributed by atoms with van der Waals surface area (Å²) in [6.07, 6.45) is 0. The Morgan fingerprint density at radius 3 is 2.05 bits per heavy atom. The molecule has 0 aliphatic heterocycles. The van der Waals surface area contributed by atoms with E-state index in [2.05, 4.69) is 0 Å². The molecule has 2 aromatic rings. The summed E-state index contributed by atoms with van der Waals surface area (Å²) in [7, 11) is 3.28. The predicted molar refractivity (Wildman–Crippen MR) is 84.5 cm³/mol. The van der Waals surface area contributed by atoms with Gasteiger partial charge in [-0.2, -0.15) is 0 Å². The lowest BCUT2D eigenvalue weighted by molar-refractivity contribution is 0.253. The lowest BCUT2D eigenvalue weighted by Gasteiger charge is -2.27. The minimum atomic E-state index is -0.414. The topological polar surface area (TPSA) is 23.6 Å². The second-order valence-corrected chi connectivity index (χ2v) is 5.09. The highest BCUT2D eigenvalue weighted by Crippen LogP contribution is 2.26. The number of rotatable bonds is 2. The summed E-state index contributed by atoms with van der Waals surface area (Å²) in [4.78, 5) is 15.5. The van der Waals surface area contributed by atoms with Gasteiger partial charge >= 0.3 is 6.03 Å². The summed E-state index contributed by atoms with van der Waals surface area (Å²) in [5.74, 6) is -0.414. The molecule has 0 aliphatic carbocycles. The number of urea groups is 1. The zero-order chi connectivity index (χ0) is 15.6. The first kappa shape index (κ1) is 15.0. The van der Waals surface area contributed by atoms with Gasteiger partial charge in [-0.3, -0.25) is 9.80 Å². The second-order valence-electron chi connectivity index (χ2n) is 5.09. The molecule has 0 saturated heterocycles. The third-order valence-corrected chi connectivity index (χ3v) is 3.56. The highest BCUT2D eigenvalue weighted by Gasteiger charge is 2.21. The first-order valence-corrected chi connectivity index (χ1v) is 6.75. The normalized spacial score (nSPS) is 10.3. The van der Waals surface area contributed by atoms with Crippen LogP contribution in [-0.4, -0.2) is 20.1 Å². The Hall–Kier alpha value is -2.36. The number of nitrogens with zero attached hydrogens (tertiary/aromatic N) is 2. The number of amides is 2. The molecule has 0 fully saturated rings. The van der Waals surface area contributed by atoms with E-state index in [1.54, 1.807) is 37.2 Å². The van der Waals surface area contributed by atoms with Crippen molar-refractivity contribution in [2.75, 3.05) is 23.9 Å². The summed E-state index contributed by atoms with van der Waals surface area (Å²) in [6, 6.07) is 11.8. The van der Waals surface area contributed by atoms with Crippen molar-refractivity contribution in [1.82, 2.24) is 0 Å². The van der Waals surface area contributed by atoms with Crippen molar-refractivity contribution < 1.29 is 9.18 Å². The van der Waals surface area contributed by atoms with E-state index in [1.165, 1.54) is 11.0 Å². The van der Waals surface area contributed by atoms with Gasteiger partial charge in [0.05, 0.1) is 11.4 Å². The maximum absolute atomic E-state index is 13.8. The summed E-state index contributed by atoms with van der Waals surface area (Å²) >= 11 is 0. The smallest absolute Gasteiger partial charge is 0.297 e. The average molecular weight is 286 g/mol. The molecule has 0 saturated carbocycles. The van der Waals surface area contributed by atoms with Crippen LogP contribution in [0.15, 0.2) is 42.5 Å². The highest BCUT2D eigenvalue weighted by molar-refractivity contribution is 6.03. The first-order chi connectivity index (χ1) is 9.93. The van der Waals surface area contributed by atoms with Crippen molar-refractivity contribution in [1.29, 1.82) is 0 Å². The molecule has 21 heavy (non-hydrogen) atoms. The number of halogens is 1. The maximum atomic E-state index is 13.8. The molecule has 0 N–H and O–H groups in total. The molecule has 0 spiro atoms. The Bertz CT molecular complexity index is 649. The Labute approximate surface area is 124 Å². The molecule has 3 nitrogen and oxygen atoms in total. The minimum Gasteiger partial charge on any atom is -0.297 e. The molecule has 0 bridgehead atoms. The minimum absolute atomic E-state index is 0.264. The molecule has 4 heteroatoms. The monoisotopic (exact) mass is 286 g/mol. The molecule has 110 valence electrons. The van der Waals surface area contributed by atoms with Crippen LogP contribution in [-0.2, 0) is 0 Å². The van der Waals surface area contributed by atoms with Gasteiger partial charge in [-0.1, -0.05) is 30.3 Å². The summed E-state index contributed by atoms with van der Waals surface area (Å²) in [6.45, 7) is 3.91. The second kappa shape index (κ2) is 5.95. The molecule has 2 amide bonds. The fourth-order valence-corrected chi connectivity index (χ4v) is 2.48. The van der Waals surface area contributed by atoms with Gasteiger partial charge in [0.1, 0.15) is 5.82 Å². The van der Waals surface area contributed by atoms with E-state index < -0.39 is 5.82 Å². The Morgan fingerprint density at radius 2 is 1.48 bits per heavy atom. The molecular formula is C17H19FN2O. The van der Waals surface area contributed by atoms with Crippen molar-refractivity contribution >= 4 is 17.4 Å². The van der Waals surface area contributed by atoms with Gasteiger partial charge in [-0.15, -0.1) is 0 Å². The summed E-state index contributed by atoms with van der Waals surface area (Å²) in [5.41, 5.74) is 3.13. The van der Waals surface area contributed by atoms with E-state index in [-0.39, 0.29) is 11.7 Å². The molecule has 2 aromatic carbocycles. The van der Waals surface area contributed by atoms with Crippen LogP contribution in [0.3, 0.4) is 0 Å². The number of benzene rings is 2. The van der Waals surface area contributed by atoms with Gasteiger partial charge in [-0.05, 0) is 37.1 Å². The molecule has 2 rings (SSSR count). The molecule has 0 aliphatic rings. The predicted octanol–water partition coefficient (Wildman–Crippen LogP) is 4.14. The van der Waals surface area contributed by atoms with Crippen molar-refractivity contribution in [3.63, 3.8) is 0 Å². The fraction of sp³-hybridized carbons (Fsp3) is 0.235. The van der Waals surface area contributed by atoms with Crippen LogP contribution in [0, 0.1) is 19.7 Å². The Balaban J connectivity index is 2.34. The van der Waals surface area contributed by atoms with Gasteiger partial charge in [0.2, 0.25) is 0 Å². The Kier molecular flexibility index (Phi) is 4.26. The zero-order valence-corrected chi connectivity index (χ0v) is 12.7. The van der Waals surface area contributed by atoms with Gasteiger partial charge in [-0.25, -0.2) is 9.18 Å². The van der Waals surface area contributed by atoms with E-state index in [0.29, 0.717) is 0 Å². The van der Waals surface area contributed by atoms with E-state index in [9.17, 15) is 9.18 Å². The van der Waals surface area contributed by atoms with Crippen molar-refractivity contribution in [3.05, 3.63) is 59.4 Å². The zero-order valence-electron chi connectivity index (χ0n) is 12.7. The van der Waals surface area contributed by atoms with Crippen LogP contribution in [0.2, 0.25) is 0 Å². The SMILES string of the molecule is Cc1cccc(C)c1N(C)C(=O)N(C)c1ccccc1F. The number of hydrogen-bond acceptors (Lipinski definition) is 1. The number of carbonyl (C=O) groups is 1. The van der Waals surface area contributed by atoms with Crippen molar-refractivity contribution in [3.8, 4) is 0 Å². The van der Waals surface area contributed by atoms with Gasteiger partial charge < -0.3 is 0 Å². The highest BCUT2D eigenvalue weighted by atomic mass is 19.1. The van der Waals surface area contributed by atoms with E-state index in [0.717, 1.165) is 16.8 Å². The number of para-hydroxylation sites is 2. The first-order valence-electron chi connectivity index (χ1n) is 6.75. The van der Waals surface area contributed by atoms with Crippen molar-refractivity contribution in [2.45, 2.75) is 13.8 Å². The van der Waals surface area contributed by atoms with Crippen LogP contribution in [0.4, 0.5) is 20.6 Å². The van der Waals surface area contributed by atoms with Gasteiger partial charge in [0.25, 0.3) is 0 Å². The van der Waals surface area contributed by atoms with Crippen LogP contribution >= 0.6 is 0 Å². The number of aryl methyl sites for hydroxylation is 2. The lowest BCUT2D eigenvalue weighted by atomic mass is 10.1. The molecule has 0 radical (unpaired) electrons. The molecule has 0 aromatic heterocycles. The summed E-state index contributed by atoms with van der Waals surface area (Å²) < 4.78 is 13.8. The van der Waals surface area contributed by atoms with Gasteiger partial charge in [0.15, 0.2) is 0 Å². The Morgan fingerprint density at radius 1 is 0.905 bits per heavy atom. The number of hydrogen-bond donors (Lipinski definition) is 0. The van der Waals surface area contributed by atoms with Crippen LogP contribution in [0.1, 0.15) is 11.1 Å². The summed E-state index contributed by atoms with van der Waals surface area (Å²) in [5, 5.41) is 0. The fourth-order valence-electron chi connectivity index (χ4n) is 2.48. The lowest BCUT2D eigenvalue weighted by Crippen LogP contribution is -2.40. The largest absolute Gasteiger partial charge is 0.328 e. The molecule has 0 unspecified atom stereocenters. The third kappa shape index (κ3) is 2.89. The van der Waals surface area contributed by atoms with Crippen LogP contribution < -0.4 is 9.80 Å². The van der Waals surface area contributed by atoms with Crippen molar-refractivity contribution in [2.24, 2.45) is 0 Å². The standard InChI is InChI=1S/C17H19FN2O/c1-12-8-7-9-13(2)16(12)20(4)17(21)19(3)15-11-6-5-10-14(15)18/h5-11H,1-4H3. The third-order valence-electron chi connectivity index (χ3n) is 3.56. The molecule has 0 heterocycles. The average Bonchev–Trinajstić information content (AvgIpc) is 2.46. The quantitative estimate of drug-likeness (QED) is 0.814. The molecule has 0 atom stereocenters. The maximum Gasteiger partial charge on any atom is 0.328 e. The van der Waals surface area contributed by atoms with Crippen LogP contribution in [0.25, 0.3) is 0 Å².